The predicted molar refractivity (Wildman–Crippen MR) is 70.6 cm³/mol. The summed E-state index contributed by atoms with van der Waals surface area (Å²) in [5.41, 5.74) is 1.10. The first kappa shape index (κ1) is 14.5. The van der Waals surface area contributed by atoms with E-state index in [0.717, 1.165) is 11.3 Å². The van der Waals surface area contributed by atoms with Gasteiger partial charge in [-0.3, -0.25) is 4.79 Å². The van der Waals surface area contributed by atoms with E-state index in [9.17, 15) is 9.90 Å². The smallest absolute Gasteiger partial charge is 0.220 e. The highest BCUT2D eigenvalue weighted by atomic mass is 16.5. The molecule has 0 saturated heterocycles. The van der Waals surface area contributed by atoms with Crippen LogP contribution in [0.5, 0.6) is 5.75 Å². The highest BCUT2D eigenvalue weighted by molar-refractivity contribution is 5.76. The summed E-state index contributed by atoms with van der Waals surface area (Å²) in [7, 11) is 1.63. The molecule has 0 saturated carbocycles. The van der Waals surface area contributed by atoms with E-state index in [1.165, 1.54) is 0 Å². The van der Waals surface area contributed by atoms with E-state index in [2.05, 4.69) is 5.32 Å². The molecule has 0 radical (unpaired) electrons. The summed E-state index contributed by atoms with van der Waals surface area (Å²) in [6.45, 7) is 2.21. The Balaban J connectivity index is 2.29. The van der Waals surface area contributed by atoms with Crippen LogP contribution < -0.4 is 10.1 Å². The Labute approximate surface area is 108 Å². The summed E-state index contributed by atoms with van der Waals surface area (Å²) in [5, 5.41) is 12.0. The summed E-state index contributed by atoms with van der Waals surface area (Å²) in [6, 6.07) is 7.67. The van der Waals surface area contributed by atoms with Gasteiger partial charge in [-0.15, -0.1) is 0 Å². The third-order valence-electron chi connectivity index (χ3n) is 2.81. The van der Waals surface area contributed by atoms with Crippen LogP contribution in [0, 0.1) is 0 Å². The van der Waals surface area contributed by atoms with Crippen molar-refractivity contribution in [3.8, 4) is 5.75 Å². The minimum absolute atomic E-state index is 0.0293. The van der Waals surface area contributed by atoms with Gasteiger partial charge in [0.25, 0.3) is 0 Å². The Morgan fingerprint density at radius 2 is 2.06 bits per heavy atom. The molecule has 0 aliphatic rings. The first-order valence-corrected chi connectivity index (χ1v) is 6.23. The molecule has 0 aliphatic carbocycles. The van der Waals surface area contributed by atoms with Crippen LogP contribution in [0.4, 0.5) is 0 Å². The zero-order valence-corrected chi connectivity index (χ0v) is 11.0. The van der Waals surface area contributed by atoms with E-state index in [4.69, 9.17) is 4.74 Å². The number of aliphatic hydroxyl groups is 1. The van der Waals surface area contributed by atoms with Gasteiger partial charge >= 0.3 is 0 Å². The van der Waals surface area contributed by atoms with Crippen molar-refractivity contribution >= 4 is 5.91 Å². The maximum absolute atomic E-state index is 11.5. The van der Waals surface area contributed by atoms with Crippen LogP contribution in [-0.4, -0.2) is 30.8 Å². The van der Waals surface area contributed by atoms with Gasteiger partial charge in [-0.05, 0) is 30.5 Å². The summed E-state index contributed by atoms with van der Waals surface area (Å²) < 4.78 is 5.06. The molecule has 0 bridgehead atoms. The number of benzene rings is 1. The van der Waals surface area contributed by atoms with Crippen LogP contribution in [0.2, 0.25) is 0 Å². The van der Waals surface area contributed by atoms with Crippen LogP contribution >= 0.6 is 0 Å². The second-order valence-corrected chi connectivity index (χ2v) is 4.21. The van der Waals surface area contributed by atoms with Gasteiger partial charge in [0.15, 0.2) is 0 Å². The predicted octanol–water partition coefficient (Wildman–Crippen LogP) is 1.51. The zero-order chi connectivity index (χ0) is 13.4. The molecule has 0 spiro atoms. The number of methoxy groups -OCH3 is 1. The number of ether oxygens (including phenoxy) is 1. The molecule has 1 unspecified atom stereocenters. The van der Waals surface area contributed by atoms with Gasteiger partial charge in [0.2, 0.25) is 5.91 Å². The number of carbonyl (C=O) groups excluding carboxylic acids is 1. The fraction of sp³-hybridized carbons (Fsp3) is 0.500. The van der Waals surface area contributed by atoms with Crippen molar-refractivity contribution in [1.29, 1.82) is 0 Å². The maximum atomic E-state index is 11.5. The Hall–Kier alpha value is -1.55. The maximum Gasteiger partial charge on any atom is 0.220 e. The Morgan fingerprint density at radius 3 is 2.61 bits per heavy atom. The molecular weight excluding hydrogens is 230 g/mol. The van der Waals surface area contributed by atoms with Crippen molar-refractivity contribution in [2.24, 2.45) is 0 Å². The number of hydrogen-bond acceptors (Lipinski definition) is 3. The van der Waals surface area contributed by atoms with E-state index in [0.29, 0.717) is 25.8 Å². The average Bonchev–Trinajstić information content (AvgIpc) is 2.42. The number of aryl methyl sites for hydroxylation is 1. The van der Waals surface area contributed by atoms with Crippen LogP contribution in [0.1, 0.15) is 25.3 Å². The number of aliphatic hydroxyl groups excluding tert-OH is 1. The van der Waals surface area contributed by atoms with Crippen molar-refractivity contribution in [3.63, 3.8) is 0 Å². The molecule has 18 heavy (non-hydrogen) atoms. The molecule has 1 atom stereocenters. The molecule has 2 N–H and O–H groups in total. The Bertz CT molecular complexity index is 362. The molecule has 0 aromatic heterocycles. The number of hydrogen-bond donors (Lipinski definition) is 2. The number of nitrogens with one attached hydrogen (secondary N) is 1. The molecule has 4 nitrogen and oxygen atoms in total. The Morgan fingerprint density at radius 1 is 1.39 bits per heavy atom. The van der Waals surface area contributed by atoms with Gasteiger partial charge < -0.3 is 15.2 Å². The Kier molecular flexibility index (Phi) is 6.22. The quantitative estimate of drug-likeness (QED) is 0.772. The zero-order valence-electron chi connectivity index (χ0n) is 11.0. The number of rotatable bonds is 7. The van der Waals surface area contributed by atoms with Gasteiger partial charge in [0.05, 0.1) is 13.2 Å². The minimum Gasteiger partial charge on any atom is -0.497 e. The van der Waals surface area contributed by atoms with Crippen molar-refractivity contribution < 1.29 is 14.6 Å². The average molecular weight is 251 g/mol. The monoisotopic (exact) mass is 251 g/mol. The molecule has 1 rings (SSSR count). The fourth-order valence-electron chi connectivity index (χ4n) is 1.51. The van der Waals surface area contributed by atoms with Gasteiger partial charge in [0, 0.05) is 13.0 Å². The van der Waals surface area contributed by atoms with E-state index < -0.39 is 6.10 Å². The summed E-state index contributed by atoms with van der Waals surface area (Å²) >= 11 is 0. The molecular formula is C14H21NO3. The molecule has 0 fully saturated rings. The number of amides is 1. The van der Waals surface area contributed by atoms with Crippen LogP contribution in [-0.2, 0) is 11.2 Å². The van der Waals surface area contributed by atoms with Crippen molar-refractivity contribution in [3.05, 3.63) is 29.8 Å². The molecule has 1 amide bonds. The van der Waals surface area contributed by atoms with Crippen LogP contribution in [0.15, 0.2) is 24.3 Å². The molecule has 100 valence electrons. The van der Waals surface area contributed by atoms with Crippen LogP contribution in [0.25, 0.3) is 0 Å². The van der Waals surface area contributed by atoms with Gasteiger partial charge in [-0.25, -0.2) is 0 Å². The highest BCUT2D eigenvalue weighted by Gasteiger charge is 2.05. The van der Waals surface area contributed by atoms with E-state index >= 15 is 0 Å². The standard InChI is InChI=1S/C14H21NO3/c1-3-12(16)10-15-14(17)9-6-11-4-7-13(18-2)8-5-11/h4-5,7-8,12,16H,3,6,9-10H2,1-2H3,(H,15,17). The normalized spacial score (nSPS) is 11.9. The molecule has 1 aromatic carbocycles. The molecule has 0 aliphatic heterocycles. The lowest BCUT2D eigenvalue weighted by atomic mass is 10.1. The lowest BCUT2D eigenvalue weighted by Gasteiger charge is -2.09. The van der Waals surface area contributed by atoms with Gasteiger partial charge in [-0.2, -0.15) is 0 Å². The summed E-state index contributed by atoms with van der Waals surface area (Å²) in [6.07, 6.45) is 1.33. The number of carbonyl (C=O) groups is 1. The van der Waals surface area contributed by atoms with Crippen molar-refractivity contribution in [2.75, 3.05) is 13.7 Å². The van der Waals surface area contributed by atoms with E-state index in [1.807, 2.05) is 31.2 Å². The first-order valence-electron chi connectivity index (χ1n) is 6.23. The molecule has 1 aromatic rings. The minimum atomic E-state index is -0.449. The van der Waals surface area contributed by atoms with E-state index in [1.54, 1.807) is 7.11 Å². The molecule has 0 heterocycles. The van der Waals surface area contributed by atoms with Gasteiger partial charge in [-0.1, -0.05) is 19.1 Å². The lowest BCUT2D eigenvalue weighted by molar-refractivity contribution is -0.121. The van der Waals surface area contributed by atoms with Crippen molar-refractivity contribution in [1.82, 2.24) is 5.32 Å². The topological polar surface area (TPSA) is 58.6 Å². The second kappa shape index (κ2) is 7.71. The molecule has 4 heteroatoms. The fourth-order valence-corrected chi connectivity index (χ4v) is 1.51. The SMILES string of the molecule is CCC(O)CNC(=O)CCc1ccc(OC)cc1. The second-order valence-electron chi connectivity index (χ2n) is 4.21. The lowest BCUT2D eigenvalue weighted by Crippen LogP contribution is -2.31. The third-order valence-corrected chi connectivity index (χ3v) is 2.81. The third kappa shape index (κ3) is 5.19. The summed E-state index contributed by atoms with van der Waals surface area (Å²) in [4.78, 5) is 11.5. The highest BCUT2D eigenvalue weighted by Crippen LogP contribution is 2.12. The largest absolute Gasteiger partial charge is 0.497 e. The van der Waals surface area contributed by atoms with Crippen LogP contribution in [0.3, 0.4) is 0 Å². The first-order chi connectivity index (χ1) is 8.65. The summed E-state index contributed by atoms with van der Waals surface area (Å²) in [5.74, 6) is 0.785. The van der Waals surface area contributed by atoms with Crippen molar-refractivity contribution in [2.45, 2.75) is 32.3 Å². The van der Waals surface area contributed by atoms with E-state index in [-0.39, 0.29) is 5.91 Å². The van der Waals surface area contributed by atoms with Gasteiger partial charge in [0.1, 0.15) is 5.75 Å².